The van der Waals surface area contributed by atoms with Crippen molar-refractivity contribution < 1.29 is 4.79 Å². The lowest BCUT2D eigenvalue weighted by molar-refractivity contribution is 0.0949. The minimum absolute atomic E-state index is 0.0000412. The number of nitrogens with one attached hydrogen (secondary N) is 2. The average Bonchev–Trinajstić information content (AvgIpc) is 2.45. The number of nitrogens with two attached hydrogens (primary N) is 3. The average molecular weight is 316 g/mol. The lowest BCUT2D eigenvalue weighted by atomic mass is 10.1. The Hall–Kier alpha value is -1.64. The summed E-state index contributed by atoms with van der Waals surface area (Å²) in [6.45, 7) is 3.77. The number of carbonyl (C=O) groups is 1. The van der Waals surface area contributed by atoms with Crippen molar-refractivity contribution >= 4 is 29.1 Å². The summed E-state index contributed by atoms with van der Waals surface area (Å²) < 4.78 is 0. The number of aromatic nitrogens is 2. The van der Waals surface area contributed by atoms with E-state index in [4.69, 9.17) is 28.8 Å². The number of halogens is 1. The minimum Gasteiger partial charge on any atom is -0.382 e. The fourth-order valence-corrected chi connectivity index (χ4v) is 1.92. The van der Waals surface area contributed by atoms with E-state index >= 15 is 0 Å². The summed E-state index contributed by atoms with van der Waals surface area (Å²) in [6.07, 6.45) is 1.88. The first kappa shape index (κ1) is 17.4. The molecule has 0 aliphatic carbocycles. The minimum atomic E-state index is -0.435. The van der Waals surface area contributed by atoms with Crippen molar-refractivity contribution in [3.05, 3.63) is 10.8 Å². The number of hydrogen-bond donors (Lipinski definition) is 5. The van der Waals surface area contributed by atoms with Crippen LogP contribution in [0.5, 0.6) is 0 Å². The number of nitrogens with zero attached hydrogens (tertiary/aromatic N) is 2. The highest BCUT2D eigenvalue weighted by molar-refractivity contribution is 6.31. The number of hydrogen-bond acceptors (Lipinski definition) is 7. The molecule has 118 valence electrons. The molecule has 0 aromatic carbocycles. The molecule has 0 fully saturated rings. The van der Waals surface area contributed by atoms with Gasteiger partial charge in [0.1, 0.15) is 0 Å². The van der Waals surface area contributed by atoms with Crippen LogP contribution in [-0.4, -0.2) is 41.6 Å². The summed E-state index contributed by atoms with van der Waals surface area (Å²) in [4.78, 5) is 19.5. The van der Waals surface area contributed by atoms with Crippen LogP contribution in [0.3, 0.4) is 0 Å². The molecule has 0 aliphatic heterocycles. The van der Waals surface area contributed by atoms with Gasteiger partial charge in [0, 0.05) is 19.1 Å². The number of nitrogen functional groups attached to an aromatic ring is 2. The molecule has 9 heteroatoms. The van der Waals surface area contributed by atoms with E-state index in [1.807, 2.05) is 0 Å². The Balaban J connectivity index is 2.46. The van der Waals surface area contributed by atoms with Gasteiger partial charge in [-0.1, -0.05) is 18.5 Å². The fraction of sp³-hybridized carbons (Fsp3) is 0.583. The molecular formula is C12H22ClN7O. The van der Waals surface area contributed by atoms with Gasteiger partial charge in [0.05, 0.1) is 0 Å². The van der Waals surface area contributed by atoms with Crippen molar-refractivity contribution in [1.29, 1.82) is 0 Å². The molecule has 21 heavy (non-hydrogen) atoms. The summed E-state index contributed by atoms with van der Waals surface area (Å²) in [7, 11) is 0. The first-order chi connectivity index (χ1) is 9.99. The largest absolute Gasteiger partial charge is 0.382 e. The molecule has 1 rings (SSSR count). The molecule has 0 saturated carbocycles. The highest BCUT2D eigenvalue weighted by Gasteiger charge is 2.15. The quantitative estimate of drug-likeness (QED) is 0.415. The predicted molar refractivity (Wildman–Crippen MR) is 84.0 cm³/mol. The van der Waals surface area contributed by atoms with E-state index in [9.17, 15) is 4.79 Å². The van der Waals surface area contributed by atoms with Gasteiger partial charge in [0.25, 0.3) is 5.91 Å². The molecule has 8 nitrogen and oxygen atoms in total. The Kier molecular flexibility index (Phi) is 7.13. The molecule has 8 N–H and O–H groups in total. The van der Waals surface area contributed by atoms with E-state index in [-0.39, 0.29) is 22.5 Å². The highest BCUT2D eigenvalue weighted by Crippen LogP contribution is 2.16. The number of rotatable bonds is 8. The van der Waals surface area contributed by atoms with E-state index in [1.165, 1.54) is 0 Å². The van der Waals surface area contributed by atoms with E-state index in [0.29, 0.717) is 25.7 Å². The van der Waals surface area contributed by atoms with Gasteiger partial charge >= 0.3 is 0 Å². The second-order valence-electron chi connectivity index (χ2n) is 4.53. The van der Waals surface area contributed by atoms with Gasteiger partial charge in [-0.15, -0.1) is 0 Å². The third-order valence-electron chi connectivity index (χ3n) is 2.97. The molecule has 1 amide bonds. The van der Waals surface area contributed by atoms with Crippen LogP contribution in [0, 0.1) is 0 Å². The first-order valence-corrected chi connectivity index (χ1v) is 7.17. The van der Waals surface area contributed by atoms with Gasteiger partial charge in [-0.05, 0) is 19.4 Å². The highest BCUT2D eigenvalue weighted by atomic mass is 35.5. The van der Waals surface area contributed by atoms with Crippen molar-refractivity contribution in [1.82, 2.24) is 20.6 Å². The lowest BCUT2D eigenvalue weighted by Gasteiger charge is -2.16. The van der Waals surface area contributed by atoms with Crippen LogP contribution in [0.2, 0.25) is 5.15 Å². The zero-order chi connectivity index (χ0) is 15.8. The standard InChI is InChI=1S/C12H22ClN7O/c1-2-7(3-4-14)17-5-6-18-12(21)8-10(15)20-11(16)9(13)19-8/h7,17H,2-6,14H2,1H3,(H,18,21)(H4,15,16,20). The van der Waals surface area contributed by atoms with Gasteiger partial charge in [-0.2, -0.15) is 0 Å². The molecule has 0 bridgehead atoms. The molecule has 1 unspecified atom stereocenters. The van der Waals surface area contributed by atoms with E-state index in [1.54, 1.807) is 0 Å². The third kappa shape index (κ3) is 5.33. The Morgan fingerprint density at radius 2 is 2.00 bits per heavy atom. The van der Waals surface area contributed by atoms with Crippen LogP contribution in [0.4, 0.5) is 11.6 Å². The predicted octanol–water partition coefficient (Wildman–Crippen LogP) is -0.259. The monoisotopic (exact) mass is 315 g/mol. The number of carbonyl (C=O) groups excluding carboxylic acids is 1. The molecule has 0 spiro atoms. The van der Waals surface area contributed by atoms with Crippen molar-refractivity contribution in [2.45, 2.75) is 25.8 Å². The maximum absolute atomic E-state index is 11.9. The van der Waals surface area contributed by atoms with Crippen LogP contribution in [-0.2, 0) is 0 Å². The molecule has 0 aliphatic rings. The molecule has 0 radical (unpaired) electrons. The fourth-order valence-electron chi connectivity index (χ4n) is 1.80. The van der Waals surface area contributed by atoms with Crippen LogP contribution in [0.25, 0.3) is 0 Å². The number of anilines is 2. The van der Waals surface area contributed by atoms with Crippen molar-refractivity contribution in [3.63, 3.8) is 0 Å². The normalized spacial score (nSPS) is 12.1. The Labute approximate surface area is 128 Å². The van der Waals surface area contributed by atoms with Gasteiger partial charge < -0.3 is 27.8 Å². The topological polar surface area (TPSA) is 145 Å². The van der Waals surface area contributed by atoms with Crippen LogP contribution >= 0.6 is 11.6 Å². The van der Waals surface area contributed by atoms with Gasteiger partial charge in [0.2, 0.25) is 0 Å². The maximum atomic E-state index is 11.9. The summed E-state index contributed by atoms with van der Waals surface area (Å²) in [6, 6.07) is 0.350. The van der Waals surface area contributed by atoms with E-state index in [0.717, 1.165) is 12.8 Å². The summed E-state index contributed by atoms with van der Waals surface area (Å²) in [5.74, 6) is -0.479. The Morgan fingerprint density at radius 1 is 1.29 bits per heavy atom. The molecule has 0 saturated heterocycles. The van der Waals surface area contributed by atoms with Gasteiger partial charge in [-0.25, -0.2) is 9.97 Å². The number of amides is 1. The second-order valence-corrected chi connectivity index (χ2v) is 4.88. The Morgan fingerprint density at radius 3 is 2.62 bits per heavy atom. The molecular weight excluding hydrogens is 294 g/mol. The molecule has 1 aromatic rings. The maximum Gasteiger partial charge on any atom is 0.273 e. The van der Waals surface area contributed by atoms with Crippen LogP contribution in [0.15, 0.2) is 0 Å². The van der Waals surface area contributed by atoms with Gasteiger partial charge in [0.15, 0.2) is 22.5 Å². The first-order valence-electron chi connectivity index (χ1n) is 6.79. The molecule has 1 atom stereocenters. The molecule has 1 aromatic heterocycles. The van der Waals surface area contributed by atoms with E-state index in [2.05, 4.69) is 27.5 Å². The third-order valence-corrected chi connectivity index (χ3v) is 3.25. The van der Waals surface area contributed by atoms with Crippen LogP contribution in [0.1, 0.15) is 30.3 Å². The van der Waals surface area contributed by atoms with Crippen molar-refractivity contribution in [3.8, 4) is 0 Å². The van der Waals surface area contributed by atoms with Crippen molar-refractivity contribution in [2.75, 3.05) is 31.1 Å². The van der Waals surface area contributed by atoms with E-state index < -0.39 is 5.91 Å². The lowest BCUT2D eigenvalue weighted by Crippen LogP contribution is -2.38. The van der Waals surface area contributed by atoms with Crippen molar-refractivity contribution in [2.24, 2.45) is 5.73 Å². The zero-order valence-corrected chi connectivity index (χ0v) is 12.8. The summed E-state index contributed by atoms with van der Waals surface area (Å²) >= 11 is 5.73. The Bertz CT molecular complexity index is 483. The SMILES string of the molecule is CCC(CCN)NCCNC(=O)c1nc(Cl)c(N)nc1N. The molecule has 1 heterocycles. The van der Waals surface area contributed by atoms with Gasteiger partial charge in [-0.3, -0.25) is 4.79 Å². The zero-order valence-electron chi connectivity index (χ0n) is 12.0. The smallest absolute Gasteiger partial charge is 0.273 e. The van der Waals surface area contributed by atoms with Crippen LogP contribution < -0.4 is 27.8 Å². The second kappa shape index (κ2) is 8.60. The summed E-state index contributed by atoms with van der Waals surface area (Å²) in [5.41, 5.74) is 16.5. The summed E-state index contributed by atoms with van der Waals surface area (Å²) in [5, 5.41) is 5.96.